The van der Waals surface area contributed by atoms with Crippen LogP contribution in [0.2, 0.25) is 0 Å². The molecule has 0 atom stereocenters. The minimum Gasteiger partial charge on any atom is -0.477 e. The predicted molar refractivity (Wildman–Crippen MR) is 62.1 cm³/mol. The summed E-state index contributed by atoms with van der Waals surface area (Å²) in [6.07, 6.45) is 1.56. The van der Waals surface area contributed by atoms with Gasteiger partial charge in [0.1, 0.15) is 5.56 Å². The van der Waals surface area contributed by atoms with E-state index in [4.69, 9.17) is 10.2 Å². The third-order valence-corrected chi connectivity index (χ3v) is 2.55. The third kappa shape index (κ3) is 2.55. The number of hydrogen-bond acceptors (Lipinski definition) is 4. The number of aryl methyl sites for hydroxylation is 1. The van der Waals surface area contributed by atoms with Crippen molar-refractivity contribution in [2.75, 3.05) is 0 Å². The number of nitrogens with zero attached hydrogens (tertiary/aromatic N) is 2. The molecular formula is C11H14N2O5. The van der Waals surface area contributed by atoms with Gasteiger partial charge in [0.05, 0.1) is 5.69 Å². The Morgan fingerprint density at radius 1 is 1.28 bits per heavy atom. The van der Waals surface area contributed by atoms with Crippen LogP contribution in [-0.4, -0.2) is 31.9 Å². The molecule has 0 aromatic carbocycles. The van der Waals surface area contributed by atoms with Crippen molar-refractivity contribution in [3.63, 3.8) is 0 Å². The molecule has 0 fully saturated rings. The zero-order valence-corrected chi connectivity index (χ0v) is 10.1. The van der Waals surface area contributed by atoms with Crippen molar-refractivity contribution in [1.82, 2.24) is 9.78 Å². The van der Waals surface area contributed by atoms with Gasteiger partial charge in [0, 0.05) is 6.54 Å². The number of carboxylic acid groups (broad SMARTS) is 2. The van der Waals surface area contributed by atoms with Crippen LogP contribution in [0.15, 0.2) is 4.79 Å². The third-order valence-electron chi connectivity index (χ3n) is 2.55. The molecule has 18 heavy (non-hydrogen) atoms. The summed E-state index contributed by atoms with van der Waals surface area (Å²) in [4.78, 5) is 33.5. The highest BCUT2D eigenvalue weighted by Gasteiger charge is 2.23. The molecular weight excluding hydrogens is 240 g/mol. The summed E-state index contributed by atoms with van der Waals surface area (Å²) in [6, 6.07) is 0. The fourth-order valence-electron chi connectivity index (χ4n) is 1.57. The van der Waals surface area contributed by atoms with Gasteiger partial charge in [0.2, 0.25) is 11.1 Å². The lowest BCUT2D eigenvalue weighted by Gasteiger charge is -2.11. The highest BCUT2D eigenvalue weighted by molar-refractivity contribution is 5.92. The Balaban J connectivity index is 3.50. The van der Waals surface area contributed by atoms with Crippen molar-refractivity contribution in [3.8, 4) is 0 Å². The van der Waals surface area contributed by atoms with E-state index in [9.17, 15) is 14.4 Å². The van der Waals surface area contributed by atoms with Crippen LogP contribution in [0.3, 0.4) is 0 Å². The van der Waals surface area contributed by atoms with E-state index >= 15 is 0 Å². The molecule has 0 spiro atoms. The van der Waals surface area contributed by atoms with E-state index < -0.39 is 28.6 Å². The van der Waals surface area contributed by atoms with Crippen LogP contribution in [0.4, 0.5) is 0 Å². The first kappa shape index (κ1) is 13.9. The Morgan fingerprint density at radius 2 is 1.89 bits per heavy atom. The minimum atomic E-state index is -1.52. The molecule has 0 aliphatic carbocycles. The molecule has 7 heteroatoms. The number of carboxylic acids is 2. The first-order valence-electron chi connectivity index (χ1n) is 5.48. The average Bonchev–Trinajstić information content (AvgIpc) is 2.27. The van der Waals surface area contributed by atoms with Crippen molar-refractivity contribution in [1.29, 1.82) is 0 Å². The standard InChI is InChI=1S/C11H14N2O5/c1-3-4-5-13-6(2)7(10(15)16)9(14)8(12-13)11(17)18/h3-5H2,1-2H3,(H,15,16)(H,17,18). The maximum atomic E-state index is 11.7. The van der Waals surface area contributed by atoms with Crippen LogP contribution >= 0.6 is 0 Å². The van der Waals surface area contributed by atoms with E-state index in [1.807, 2.05) is 6.92 Å². The first-order valence-corrected chi connectivity index (χ1v) is 5.48. The summed E-state index contributed by atoms with van der Waals surface area (Å²) in [5, 5.41) is 21.5. The molecule has 0 aliphatic rings. The summed E-state index contributed by atoms with van der Waals surface area (Å²) >= 11 is 0. The SMILES string of the molecule is CCCCn1nc(C(=O)O)c(=O)c(C(=O)O)c1C. The van der Waals surface area contributed by atoms with Gasteiger partial charge < -0.3 is 10.2 Å². The van der Waals surface area contributed by atoms with E-state index in [1.165, 1.54) is 11.6 Å². The van der Waals surface area contributed by atoms with Gasteiger partial charge in [-0.3, -0.25) is 9.48 Å². The number of unbranched alkanes of at least 4 members (excludes halogenated alkanes) is 1. The van der Waals surface area contributed by atoms with Gasteiger partial charge in [-0.1, -0.05) is 13.3 Å². The van der Waals surface area contributed by atoms with Gasteiger partial charge >= 0.3 is 11.9 Å². The monoisotopic (exact) mass is 254 g/mol. The maximum absolute atomic E-state index is 11.7. The van der Waals surface area contributed by atoms with E-state index in [0.717, 1.165) is 12.8 Å². The number of hydrogen-bond donors (Lipinski definition) is 2. The average molecular weight is 254 g/mol. The summed E-state index contributed by atoms with van der Waals surface area (Å²) in [7, 11) is 0. The van der Waals surface area contributed by atoms with E-state index in [0.29, 0.717) is 6.54 Å². The van der Waals surface area contributed by atoms with E-state index in [1.54, 1.807) is 0 Å². The smallest absolute Gasteiger partial charge is 0.360 e. The highest BCUT2D eigenvalue weighted by Crippen LogP contribution is 2.05. The molecule has 0 saturated carbocycles. The lowest BCUT2D eigenvalue weighted by atomic mass is 10.1. The predicted octanol–water partition coefficient (Wildman–Crippen LogP) is 0.748. The van der Waals surface area contributed by atoms with Crippen LogP contribution in [0.25, 0.3) is 0 Å². The summed E-state index contributed by atoms with van der Waals surface area (Å²) in [5.74, 6) is -2.96. The van der Waals surface area contributed by atoms with Gasteiger partial charge in [-0.05, 0) is 13.3 Å². The van der Waals surface area contributed by atoms with Gasteiger partial charge in [0.25, 0.3) is 0 Å². The first-order chi connectivity index (χ1) is 8.40. The molecule has 1 rings (SSSR count). The zero-order valence-electron chi connectivity index (χ0n) is 10.1. The van der Waals surface area contributed by atoms with Crippen molar-refractivity contribution in [2.24, 2.45) is 0 Å². The Hall–Kier alpha value is -2.18. The fraction of sp³-hybridized carbons (Fsp3) is 0.455. The number of carbonyl (C=O) groups is 2. The molecule has 0 unspecified atom stereocenters. The van der Waals surface area contributed by atoms with Gasteiger partial charge in [-0.15, -0.1) is 0 Å². The molecule has 2 N–H and O–H groups in total. The quantitative estimate of drug-likeness (QED) is 0.802. The normalized spacial score (nSPS) is 10.3. The van der Waals surface area contributed by atoms with Crippen LogP contribution in [0, 0.1) is 6.92 Å². The van der Waals surface area contributed by atoms with Crippen LogP contribution in [-0.2, 0) is 6.54 Å². The van der Waals surface area contributed by atoms with Gasteiger partial charge in [0.15, 0.2) is 0 Å². The van der Waals surface area contributed by atoms with Crippen molar-refractivity contribution in [3.05, 3.63) is 27.2 Å². The number of rotatable bonds is 5. The maximum Gasteiger partial charge on any atom is 0.360 e. The van der Waals surface area contributed by atoms with Crippen LogP contribution in [0.5, 0.6) is 0 Å². The molecule has 0 amide bonds. The molecule has 1 aromatic heterocycles. The van der Waals surface area contributed by atoms with E-state index in [-0.39, 0.29) is 5.69 Å². The fourth-order valence-corrected chi connectivity index (χ4v) is 1.57. The van der Waals surface area contributed by atoms with Gasteiger partial charge in [-0.25, -0.2) is 9.59 Å². The Morgan fingerprint density at radius 3 is 2.33 bits per heavy atom. The lowest BCUT2D eigenvalue weighted by Crippen LogP contribution is -2.30. The van der Waals surface area contributed by atoms with Crippen LogP contribution < -0.4 is 5.43 Å². The molecule has 0 aliphatic heterocycles. The minimum absolute atomic E-state index is 0.172. The van der Waals surface area contributed by atoms with Crippen molar-refractivity contribution < 1.29 is 19.8 Å². The molecule has 1 aromatic rings. The molecule has 98 valence electrons. The molecule has 0 radical (unpaired) electrons. The molecule has 0 bridgehead atoms. The van der Waals surface area contributed by atoms with Crippen LogP contribution in [0.1, 0.15) is 46.3 Å². The Kier molecular flexibility index (Phi) is 4.19. The Bertz CT molecular complexity index is 547. The number of aromatic nitrogens is 2. The highest BCUT2D eigenvalue weighted by atomic mass is 16.4. The second-order valence-electron chi connectivity index (χ2n) is 3.83. The van der Waals surface area contributed by atoms with Crippen molar-refractivity contribution >= 4 is 11.9 Å². The second-order valence-corrected chi connectivity index (χ2v) is 3.83. The van der Waals surface area contributed by atoms with E-state index in [2.05, 4.69) is 5.10 Å². The lowest BCUT2D eigenvalue weighted by molar-refractivity contribution is 0.0684. The topological polar surface area (TPSA) is 109 Å². The summed E-state index contributed by atoms with van der Waals surface area (Å²) < 4.78 is 1.26. The molecule has 1 heterocycles. The molecule has 7 nitrogen and oxygen atoms in total. The number of aromatic carboxylic acids is 2. The van der Waals surface area contributed by atoms with Gasteiger partial charge in [-0.2, -0.15) is 5.10 Å². The molecule has 0 saturated heterocycles. The summed E-state index contributed by atoms with van der Waals surface area (Å²) in [5.41, 5.74) is -2.17. The largest absolute Gasteiger partial charge is 0.477 e. The summed E-state index contributed by atoms with van der Waals surface area (Å²) in [6.45, 7) is 3.76. The van der Waals surface area contributed by atoms with Crippen molar-refractivity contribution in [2.45, 2.75) is 33.2 Å². The Labute approximate surface area is 103 Å². The second kappa shape index (κ2) is 5.44. The zero-order chi connectivity index (χ0) is 13.9.